The fraction of sp³-hybridized carbons (Fsp3) is 0.538. The van der Waals surface area contributed by atoms with Crippen LogP contribution in [0.5, 0.6) is 0 Å². The van der Waals surface area contributed by atoms with E-state index in [1.165, 1.54) is 7.11 Å². The van der Waals surface area contributed by atoms with Gasteiger partial charge in [-0.05, 0) is 17.5 Å². The van der Waals surface area contributed by atoms with Gasteiger partial charge in [-0.1, -0.05) is 13.8 Å². The van der Waals surface area contributed by atoms with Crippen molar-refractivity contribution in [2.24, 2.45) is 13.0 Å². The van der Waals surface area contributed by atoms with Crippen LogP contribution in [-0.4, -0.2) is 23.7 Å². The number of nitrogens with zero attached hydrogens (tertiary/aromatic N) is 2. The Morgan fingerprint density at radius 1 is 1.61 bits per heavy atom. The molecule has 0 amide bonds. The number of methoxy groups -OCH3 is 1. The van der Waals surface area contributed by atoms with Crippen molar-refractivity contribution in [1.82, 2.24) is 9.88 Å². The van der Waals surface area contributed by atoms with Crippen LogP contribution in [0.15, 0.2) is 12.3 Å². The van der Waals surface area contributed by atoms with Crippen LogP contribution in [-0.2, 0) is 23.1 Å². The quantitative estimate of drug-likeness (QED) is 0.796. The van der Waals surface area contributed by atoms with Crippen LogP contribution in [0.1, 0.15) is 25.1 Å². The smallest absolute Gasteiger partial charge is 0.323 e. The van der Waals surface area contributed by atoms with E-state index in [-0.39, 0.29) is 17.9 Å². The van der Waals surface area contributed by atoms with Crippen molar-refractivity contribution in [2.45, 2.75) is 26.4 Å². The van der Waals surface area contributed by atoms with Gasteiger partial charge in [0.05, 0.1) is 7.11 Å². The molecule has 1 rings (SSSR count). The van der Waals surface area contributed by atoms with Crippen LogP contribution in [0.4, 0.5) is 0 Å². The van der Waals surface area contributed by atoms with E-state index in [4.69, 9.17) is 10.00 Å². The number of hydrogen-bond acceptors (Lipinski definition) is 4. The number of nitrogens with one attached hydrogen (secondary N) is 1. The topological polar surface area (TPSA) is 67.0 Å². The highest BCUT2D eigenvalue weighted by atomic mass is 16.5. The molecule has 1 N–H and O–H groups in total. The third kappa shape index (κ3) is 3.34. The summed E-state index contributed by atoms with van der Waals surface area (Å²) in [5.41, 5.74) is 1.58. The fourth-order valence-corrected chi connectivity index (χ4v) is 1.79. The van der Waals surface area contributed by atoms with Gasteiger partial charge in [0.15, 0.2) is 0 Å². The van der Waals surface area contributed by atoms with E-state index in [2.05, 4.69) is 11.4 Å². The molecule has 1 atom stereocenters. The minimum atomic E-state index is -0.333. The Morgan fingerprint density at radius 2 is 2.28 bits per heavy atom. The first-order valence-corrected chi connectivity index (χ1v) is 5.86. The van der Waals surface area contributed by atoms with Crippen LogP contribution in [0.25, 0.3) is 0 Å². The largest absolute Gasteiger partial charge is 0.468 e. The lowest BCUT2D eigenvalue weighted by Crippen LogP contribution is -2.41. The zero-order valence-corrected chi connectivity index (χ0v) is 11.2. The molecule has 0 fully saturated rings. The second-order valence-electron chi connectivity index (χ2n) is 4.58. The molecule has 1 unspecified atom stereocenters. The minimum absolute atomic E-state index is 0.150. The molecule has 0 aliphatic carbocycles. The lowest BCUT2D eigenvalue weighted by molar-refractivity contribution is -0.144. The SMILES string of the molecule is COC(=O)C(NCc1cc(C#N)n(C)c1)C(C)C. The molecular formula is C13H19N3O2. The predicted octanol–water partition coefficient (Wildman–Crippen LogP) is 1.18. The molecule has 98 valence electrons. The predicted molar refractivity (Wildman–Crippen MR) is 67.6 cm³/mol. The molecular weight excluding hydrogens is 230 g/mol. The lowest BCUT2D eigenvalue weighted by atomic mass is 10.0. The molecule has 1 heterocycles. The van der Waals surface area contributed by atoms with Crippen molar-refractivity contribution in [2.75, 3.05) is 7.11 Å². The Hall–Kier alpha value is -1.80. The van der Waals surface area contributed by atoms with E-state index in [9.17, 15) is 4.79 Å². The summed E-state index contributed by atoms with van der Waals surface area (Å²) < 4.78 is 6.52. The Morgan fingerprint density at radius 3 is 2.72 bits per heavy atom. The molecule has 5 heteroatoms. The average molecular weight is 249 g/mol. The third-order valence-corrected chi connectivity index (χ3v) is 2.82. The van der Waals surface area contributed by atoms with Crippen molar-refractivity contribution in [1.29, 1.82) is 5.26 Å². The van der Waals surface area contributed by atoms with E-state index in [1.807, 2.05) is 33.2 Å². The highest BCUT2D eigenvalue weighted by molar-refractivity contribution is 5.75. The number of carbonyl (C=O) groups is 1. The van der Waals surface area contributed by atoms with Gasteiger partial charge in [-0.15, -0.1) is 0 Å². The zero-order chi connectivity index (χ0) is 13.7. The molecule has 1 aromatic rings. The van der Waals surface area contributed by atoms with Crippen molar-refractivity contribution in [3.63, 3.8) is 0 Å². The zero-order valence-electron chi connectivity index (χ0n) is 11.2. The maximum absolute atomic E-state index is 11.6. The van der Waals surface area contributed by atoms with Gasteiger partial charge in [0.1, 0.15) is 17.8 Å². The summed E-state index contributed by atoms with van der Waals surface area (Å²) >= 11 is 0. The molecule has 0 aliphatic rings. The molecule has 18 heavy (non-hydrogen) atoms. The lowest BCUT2D eigenvalue weighted by Gasteiger charge is -2.19. The second kappa shape index (κ2) is 6.22. The molecule has 0 aliphatic heterocycles. The molecule has 0 bridgehead atoms. The Labute approximate surface area is 107 Å². The van der Waals surface area contributed by atoms with Gasteiger partial charge in [-0.25, -0.2) is 0 Å². The van der Waals surface area contributed by atoms with E-state index < -0.39 is 0 Å². The van der Waals surface area contributed by atoms with Gasteiger partial charge in [0.25, 0.3) is 0 Å². The Bertz CT molecular complexity index is 457. The number of nitriles is 1. The van der Waals surface area contributed by atoms with Crippen molar-refractivity contribution >= 4 is 5.97 Å². The first kappa shape index (κ1) is 14.3. The van der Waals surface area contributed by atoms with Gasteiger partial charge in [-0.2, -0.15) is 5.26 Å². The summed E-state index contributed by atoms with van der Waals surface area (Å²) in [6.45, 7) is 4.45. The number of esters is 1. The number of ether oxygens (including phenoxy) is 1. The van der Waals surface area contributed by atoms with Crippen molar-refractivity contribution in [3.8, 4) is 6.07 Å². The molecule has 0 saturated heterocycles. The van der Waals surface area contributed by atoms with Crippen LogP contribution in [0.3, 0.4) is 0 Å². The van der Waals surface area contributed by atoms with E-state index >= 15 is 0 Å². The Kier molecular flexibility index (Phi) is 4.93. The number of hydrogen-bond donors (Lipinski definition) is 1. The highest BCUT2D eigenvalue weighted by Gasteiger charge is 2.22. The fourth-order valence-electron chi connectivity index (χ4n) is 1.79. The average Bonchev–Trinajstić information content (AvgIpc) is 2.69. The monoisotopic (exact) mass is 249 g/mol. The number of carbonyl (C=O) groups excluding carboxylic acids is 1. The van der Waals surface area contributed by atoms with Crippen LogP contribution in [0, 0.1) is 17.2 Å². The number of aromatic nitrogens is 1. The summed E-state index contributed by atoms with van der Waals surface area (Å²) in [4.78, 5) is 11.6. The summed E-state index contributed by atoms with van der Waals surface area (Å²) in [6, 6.07) is 3.58. The summed E-state index contributed by atoms with van der Waals surface area (Å²) in [5, 5.41) is 12.0. The Balaban J connectivity index is 2.67. The maximum atomic E-state index is 11.6. The number of aryl methyl sites for hydroxylation is 1. The standard InChI is InChI=1S/C13H19N3O2/c1-9(2)12(13(17)18-4)15-7-10-5-11(6-14)16(3)8-10/h5,8-9,12,15H,7H2,1-4H3. The van der Waals surface area contributed by atoms with E-state index in [1.54, 1.807) is 4.57 Å². The van der Waals surface area contributed by atoms with Gasteiger partial charge in [0, 0.05) is 19.8 Å². The first-order chi connectivity index (χ1) is 8.49. The van der Waals surface area contributed by atoms with Gasteiger partial charge >= 0.3 is 5.97 Å². The molecule has 0 aromatic carbocycles. The number of rotatable bonds is 5. The minimum Gasteiger partial charge on any atom is -0.468 e. The summed E-state index contributed by atoms with van der Waals surface area (Å²) in [6.07, 6.45) is 1.88. The first-order valence-electron chi connectivity index (χ1n) is 5.86. The molecule has 1 aromatic heterocycles. The normalized spacial score (nSPS) is 12.2. The summed E-state index contributed by atoms with van der Waals surface area (Å²) in [7, 11) is 3.21. The van der Waals surface area contributed by atoms with Crippen molar-refractivity contribution < 1.29 is 9.53 Å². The maximum Gasteiger partial charge on any atom is 0.323 e. The van der Waals surface area contributed by atoms with E-state index in [0.29, 0.717) is 12.2 Å². The van der Waals surface area contributed by atoms with Crippen LogP contribution in [0.2, 0.25) is 0 Å². The third-order valence-electron chi connectivity index (χ3n) is 2.82. The second-order valence-corrected chi connectivity index (χ2v) is 4.58. The molecule has 5 nitrogen and oxygen atoms in total. The highest BCUT2D eigenvalue weighted by Crippen LogP contribution is 2.09. The van der Waals surface area contributed by atoms with Gasteiger partial charge in [-0.3, -0.25) is 4.79 Å². The summed E-state index contributed by atoms with van der Waals surface area (Å²) in [5.74, 6) is -0.113. The van der Waals surface area contributed by atoms with Crippen molar-refractivity contribution in [3.05, 3.63) is 23.5 Å². The van der Waals surface area contributed by atoms with E-state index in [0.717, 1.165) is 5.56 Å². The molecule has 0 spiro atoms. The van der Waals surface area contributed by atoms with Gasteiger partial charge < -0.3 is 14.6 Å². The molecule has 0 saturated carbocycles. The van der Waals surface area contributed by atoms with Crippen LogP contribution >= 0.6 is 0 Å². The van der Waals surface area contributed by atoms with Crippen LogP contribution < -0.4 is 5.32 Å². The van der Waals surface area contributed by atoms with Gasteiger partial charge in [0.2, 0.25) is 0 Å². The molecule has 0 radical (unpaired) electrons.